The summed E-state index contributed by atoms with van der Waals surface area (Å²) < 4.78 is 1.62. The van der Waals surface area contributed by atoms with Crippen LogP contribution in [0.4, 0.5) is 0 Å². The SMILES string of the molecule is O=C(NC1CCCCC1)[C@H](c1cccc(C#Cc2ccccc2)c1)N(CCc1ccccc1)C(=O)Cn1nnc2ccccc21. The van der Waals surface area contributed by atoms with Gasteiger partial charge in [-0.2, -0.15) is 0 Å². The lowest BCUT2D eigenvalue weighted by Crippen LogP contribution is -2.48. The van der Waals surface area contributed by atoms with Gasteiger partial charge in [-0.15, -0.1) is 5.10 Å². The first-order valence-corrected chi connectivity index (χ1v) is 15.7. The molecule has 1 aromatic heterocycles. The number of nitrogens with zero attached hydrogens (tertiary/aromatic N) is 4. The lowest BCUT2D eigenvalue weighted by atomic mass is 9.94. The molecule has 4 aromatic carbocycles. The molecule has 7 heteroatoms. The smallest absolute Gasteiger partial charge is 0.247 e. The second-order valence-electron chi connectivity index (χ2n) is 11.5. The summed E-state index contributed by atoms with van der Waals surface area (Å²) in [6, 6.07) is 34.4. The standard InChI is InChI=1S/C38H37N5O2/c44-36(28-43-35-22-11-10-21-34(35)40-41-43)42(26-25-30-15-6-2-7-16-30)37(38(45)39-33-19-8-3-9-20-33)32-18-12-17-31(27-32)24-23-29-13-4-1-5-14-29/h1-2,4-7,10-18,21-22,27,33,37H,3,8-9,19-20,25-26,28H2,(H,39,45)/t37-/m0/s1. The van der Waals surface area contributed by atoms with E-state index in [1.165, 1.54) is 6.42 Å². The monoisotopic (exact) mass is 595 g/mol. The van der Waals surface area contributed by atoms with Gasteiger partial charge in [0.25, 0.3) is 0 Å². The average molecular weight is 596 g/mol. The number of aromatic nitrogens is 3. The van der Waals surface area contributed by atoms with Gasteiger partial charge in [0, 0.05) is 23.7 Å². The molecule has 0 saturated heterocycles. The lowest BCUT2D eigenvalue weighted by molar-refractivity contribution is -0.141. The van der Waals surface area contributed by atoms with Crippen LogP contribution in [-0.4, -0.2) is 44.3 Å². The van der Waals surface area contributed by atoms with Gasteiger partial charge in [-0.3, -0.25) is 9.59 Å². The maximum Gasteiger partial charge on any atom is 0.247 e. The Bertz CT molecular complexity index is 1800. The van der Waals surface area contributed by atoms with Crippen molar-refractivity contribution >= 4 is 22.8 Å². The van der Waals surface area contributed by atoms with Gasteiger partial charge in [0.15, 0.2) is 0 Å². The largest absolute Gasteiger partial charge is 0.351 e. The number of carbonyl (C=O) groups is 2. The molecule has 6 rings (SSSR count). The van der Waals surface area contributed by atoms with E-state index in [1.54, 1.807) is 9.58 Å². The van der Waals surface area contributed by atoms with Crippen LogP contribution in [0, 0.1) is 11.8 Å². The number of fused-ring (bicyclic) bond motifs is 1. The zero-order chi connectivity index (χ0) is 30.8. The highest BCUT2D eigenvalue weighted by Gasteiger charge is 2.33. The topological polar surface area (TPSA) is 80.1 Å². The first kappa shape index (κ1) is 29.8. The first-order valence-electron chi connectivity index (χ1n) is 15.7. The van der Waals surface area contributed by atoms with Crippen molar-refractivity contribution in [3.8, 4) is 11.8 Å². The molecular formula is C38H37N5O2. The zero-order valence-electron chi connectivity index (χ0n) is 25.3. The minimum Gasteiger partial charge on any atom is -0.351 e. The molecule has 1 atom stereocenters. The molecule has 0 bridgehead atoms. The van der Waals surface area contributed by atoms with E-state index in [0.717, 1.165) is 59.0 Å². The Labute approximate surface area is 264 Å². The molecule has 2 amide bonds. The molecule has 1 aliphatic rings. The summed E-state index contributed by atoms with van der Waals surface area (Å²) >= 11 is 0. The minimum absolute atomic E-state index is 0.0317. The Balaban J connectivity index is 1.36. The minimum atomic E-state index is -0.837. The molecule has 0 aliphatic heterocycles. The fourth-order valence-electron chi connectivity index (χ4n) is 6.00. The van der Waals surface area contributed by atoms with Gasteiger partial charge in [0.1, 0.15) is 18.1 Å². The highest BCUT2D eigenvalue weighted by molar-refractivity contribution is 5.89. The average Bonchev–Trinajstić information content (AvgIpc) is 3.49. The third-order valence-electron chi connectivity index (χ3n) is 8.35. The fourth-order valence-corrected chi connectivity index (χ4v) is 6.00. The molecule has 45 heavy (non-hydrogen) atoms. The Morgan fingerprint density at radius 1 is 0.822 bits per heavy atom. The van der Waals surface area contributed by atoms with Crippen molar-refractivity contribution in [3.63, 3.8) is 0 Å². The van der Waals surface area contributed by atoms with Gasteiger partial charge in [-0.1, -0.05) is 109 Å². The highest BCUT2D eigenvalue weighted by atomic mass is 16.2. The van der Waals surface area contributed by atoms with Crippen LogP contribution in [0.2, 0.25) is 0 Å². The van der Waals surface area contributed by atoms with E-state index < -0.39 is 6.04 Å². The van der Waals surface area contributed by atoms with Crippen molar-refractivity contribution in [2.45, 2.75) is 57.2 Å². The third kappa shape index (κ3) is 7.66. The molecular weight excluding hydrogens is 558 g/mol. The van der Waals surface area contributed by atoms with Crippen LogP contribution in [0.15, 0.2) is 109 Å². The summed E-state index contributed by atoms with van der Waals surface area (Å²) in [6.07, 6.45) is 5.87. The second-order valence-corrected chi connectivity index (χ2v) is 11.5. The van der Waals surface area contributed by atoms with Crippen LogP contribution >= 0.6 is 0 Å². The lowest BCUT2D eigenvalue weighted by Gasteiger charge is -2.33. The van der Waals surface area contributed by atoms with E-state index in [2.05, 4.69) is 27.5 Å². The van der Waals surface area contributed by atoms with Gasteiger partial charge in [-0.05, 0) is 66.8 Å². The van der Waals surface area contributed by atoms with Crippen LogP contribution in [0.25, 0.3) is 11.0 Å². The first-order chi connectivity index (χ1) is 22.1. The van der Waals surface area contributed by atoms with Crippen molar-refractivity contribution in [1.82, 2.24) is 25.2 Å². The number of nitrogens with one attached hydrogen (secondary N) is 1. The summed E-state index contributed by atoms with van der Waals surface area (Å²) in [6.45, 7) is 0.328. The molecule has 1 N–H and O–H groups in total. The van der Waals surface area contributed by atoms with Crippen LogP contribution in [0.3, 0.4) is 0 Å². The van der Waals surface area contributed by atoms with Gasteiger partial charge < -0.3 is 10.2 Å². The molecule has 5 aromatic rings. The van der Waals surface area contributed by atoms with Gasteiger partial charge >= 0.3 is 0 Å². The summed E-state index contributed by atoms with van der Waals surface area (Å²) in [4.78, 5) is 30.3. The van der Waals surface area contributed by atoms with Crippen molar-refractivity contribution in [2.24, 2.45) is 0 Å². The van der Waals surface area contributed by atoms with Gasteiger partial charge in [-0.25, -0.2) is 4.68 Å². The molecule has 0 radical (unpaired) electrons. The summed E-state index contributed by atoms with van der Waals surface area (Å²) in [5.74, 6) is 6.10. The van der Waals surface area contributed by atoms with Crippen LogP contribution in [-0.2, 0) is 22.6 Å². The number of hydrogen-bond acceptors (Lipinski definition) is 4. The van der Waals surface area contributed by atoms with E-state index in [9.17, 15) is 9.59 Å². The highest BCUT2D eigenvalue weighted by Crippen LogP contribution is 2.26. The Morgan fingerprint density at radius 2 is 1.51 bits per heavy atom. The number of hydrogen-bond donors (Lipinski definition) is 1. The van der Waals surface area contributed by atoms with E-state index in [0.29, 0.717) is 13.0 Å². The van der Waals surface area contributed by atoms with Crippen molar-refractivity contribution in [3.05, 3.63) is 131 Å². The van der Waals surface area contributed by atoms with Crippen LogP contribution in [0.1, 0.15) is 60.4 Å². The predicted molar refractivity (Wildman–Crippen MR) is 176 cm³/mol. The maximum absolute atomic E-state index is 14.3. The van der Waals surface area contributed by atoms with E-state index in [-0.39, 0.29) is 24.4 Å². The quantitative estimate of drug-likeness (QED) is 0.209. The summed E-state index contributed by atoms with van der Waals surface area (Å²) in [5, 5.41) is 11.8. The second kappa shape index (κ2) is 14.5. The van der Waals surface area contributed by atoms with Crippen molar-refractivity contribution in [1.29, 1.82) is 0 Å². The van der Waals surface area contributed by atoms with E-state index in [4.69, 9.17) is 0 Å². The third-order valence-corrected chi connectivity index (χ3v) is 8.35. The number of rotatable bonds is 9. The summed E-state index contributed by atoms with van der Waals surface area (Å²) in [5.41, 5.74) is 5.01. The van der Waals surface area contributed by atoms with Crippen molar-refractivity contribution in [2.75, 3.05) is 6.54 Å². The van der Waals surface area contributed by atoms with E-state index in [1.807, 2.05) is 109 Å². The molecule has 1 saturated carbocycles. The molecule has 7 nitrogen and oxygen atoms in total. The fraction of sp³-hybridized carbons (Fsp3) is 0.263. The predicted octanol–water partition coefficient (Wildman–Crippen LogP) is 6.09. The molecule has 1 heterocycles. The van der Waals surface area contributed by atoms with Gasteiger partial charge in [0.2, 0.25) is 11.8 Å². The number of carbonyl (C=O) groups excluding carboxylic acids is 2. The molecule has 1 fully saturated rings. The van der Waals surface area contributed by atoms with Gasteiger partial charge in [0.05, 0.1) is 5.52 Å². The maximum atomic E-state index is 14.3. The zero-order valence-corrected chi connectivity index (χ0v) is 25.3. The molecule has 0 unspecified atom stereocenters. The van der Waals surface area contributed by atoms with Crippen molar-refractivity contribution < 1.29 is 9.59 Å². The molecule has 226 valence electrons. The normalized spacial score (nSPS) is 13.9. The van der Waals surface area contributed by atoms with Crippen LogP contribution < -0.4 is 5.32 Å². The van der Waals surface area contributed by atoms with E-state index >= 15 is 0 Å². The number of amides is 2. The number of benzene rings is 4. The Hall–Kier alpha value is -5.22. The molecule has 0 spiro atoms. The Morgan fingerprint density at radius 3 is 2.31 bits per heavy atom. The number of para-hydroxylation sites is 1. The molecule has 1 aliphatic carbocycles. The van der Waals surface area contributed by atoms with Crippen LogP contribution in [0.5, 0.6) is 0 Å². The Kier molecular flexibility index (Phi) is 9.61. The summed E-state index contributed by atoms with van der Waals surface area (Å²) in [7, 11) is 0.